The maximum absolute atomic E-state index is 12.5. The smallest absolute Gasteiger partial charge is 0.338 e. The summed E-state index contributed by atoms with van der Waals surface area (Å²) in [5, 5.41) is 4.75. The van der Waals surface area contributed by atoms with Gasteiger partial charge in [0.1, 0.15) is 0 Å². The van der Waals surface area contributed by atoms with E-state index < -0.39 is 5.97 Å². The van der Waals surface area contributed by atoms with Gasteiger partial charge < -0.3 is 10.1 Å². The van der Waals surface area contributed by atoms with Crippen LogP contribution in [-0.2, 0) is 4.74 Å². The second-order valence-corrected chi connectivity index (χ2v) is 7.46. The van der Waals surface area contributed by atoms with Crippen molar-refractivity contribution in [2.75, 3.05) is 11.9 Å². The van der Waals surface area contributed by atoms with Crippen molar-refractivity contribution >= 4 is 34.1 Å². The zero-order valence-electron chi connectivity index (χ0n) is 17.5. The maximum Gasteiger partial charge on any atom is 0.338 e. The van der Waals surface area contributed by atoms with Crippen molar-refractivity contribution in [2.24, 2.45) is 0 Å². The lowest BCUT2D eigenvalue weighted by molar-refractivity contribution is 0.0475. The normalized spacial score (nSPS) is 10.5. The molecule has 4 aromatic carbocycles. The lowest BCUT2D eigenvalue weighted by atomic mass is 10.0. The highest BCUT2D eigenvalue weighted by Crippen LogP contribution is 2.17. The third-order valence-electron chi connectivity index (χ3n) is 5.08. The number of fused-ring (bicyclic) bond motifs is 1. The number of hydrogen-bond acceptors (Lipinski definition) is 4. The van der Waals surface area contributed by atoms with Crippen LogP contribution in [0.25, 0.3) is 10.8 Å². The van der Waals surface area contributed by atoms with Gasteiger partial charge in [-0.15, -0.1) is 0 Å². The Balaban J connectivity index is 1.39. The van der Waals surface area contributed by atoms with Crippen LogP contribution < -0.4 is 5.32 Å². The fourth-order valence-corrected chi connectivity index (χ4v) is 3.29. The van der Waals surface area contributed by atoms with Crippen LogP contribution in [0.4, 0.5) is 5.69 Å². The van der Waals surface area contributed by atoms with Crippen molar-refractivity contribution in [2.45, 2.75) is 6.92 Å². The van der Waals surface area contributed by atoms with Gasteiger partial charge in [0.05, 0.1) is 5.56 Å². The monoisotopic (exact) mass is 423 g/mol. The number of ether oxygens (including phenoxy) is 1. The quantitative estimate of drug-likeness (QED) is 0.331. The summed E-state index contributed by atoms with van der Waals surface area (Å²) in [6.07, 6.45) is 0. The fraction of sp³-hybridized carbons (Fsp3) is 0.0741. The lowest BCUT2D eigenvalue weighted by Crippen LogP contribution is -2.15. The molecule has 1 N–H and O–H groups in total. The molecule has 158 valence electrons. The molecule has 0 aromatic heterocycles. The van der Waals surface area contributed by atoms with Crippen molar-refractivity contribution in [3.05, 3.63) is 113 Å². The predicted octanol–water partition coefficient (Wildman–Crippen LogP) is 5.44. The minimum absolute atomic E-state index is 0.248. The van der Waals surface area contributed by atoms with E-state index in [1.807, 2.05) is 49.4 Å². The highest BCUT2D eigenvalue weighted by molar-refractivity contribution is 6.05. The molecule has 0 saturated heterocycles. The predicted molar refractivity (Wildman–Crippen MR) is 124 cm³/mol. The first kappa shape index (κ1) is 21.0. The molecule has 0 unspecified atom stereocenters. The molecule has 0 aliphatic carbocycles. The van der Waals surface area contributed by atoms with E-state index in [9.17, 15) is 14.4 Å². The van der Waals surface area contributed by atoms with Crippen molar-refractivity contribution in [3.8, 4) is 0 Å². The molecular formula is C27H21NO4. The average molecular weight is 423 g/mol. The number of Topliss-reactive ketones (excluding diaryl/α,β-unsaturated/α-hetero) is 1. The summed E-state index contributed by atoms with van der Waals surface area (Å²) in [6, 6.07) is 26.7. The van der Waals surface area contributed by atoms with E-state index in [1.165, 1.54) is 6.07 Å². The Morgan fingerprint density at radius 1 is 0.719 bits per heavy atom. The van der Waals surface area contributed by atoms with Gasteiger partial charge in [0.15, 0.2) is 12.4 Å². The topological polar surface area (TPSA) is 72.5 Å². The Morgan fingerprint density at radius 2 is 1.44 bits per heavy atom. The molecule has 0 atom stereocenters. The maximum atomic E-state index is 12.5. The van der Waals surface area contributed by atoms with E-state index in [-0.39, 0.29) is 23.9 Å². The van der Waals surface area contributed by atoms with E-state index in [0.717, 1.165) is 16.3 Å². The number of ketones is 1. The molecule has 0 radical (unpaired) electrons. The summed E-state index contributed by atoms with van der Waals surface area (Å²) >= 11 is 0. The molecule has 5 heteroatoms. The minimum atomic E-state index is -0.634. The molecule has 0 saturated carbocycles. The average Bonchev–Trinajstić information content (AvgIpc) is 2.82. The number of carbonyl (C=O) groups is 3. The number of amides is 1. The Labute approximate surface area is 185 Å². The van der Waals surface area contributed by atoms with Crippen LogP contribution in [0.5, 0.6) is 0 Å². The van der Waals surface area contributed by atoms with E-state index in [1.54, 1.807) is 42.5 Å². The first-order valence-corrected chi connectivity index (χ1v) is 10.2. The summed E-state index contributed by atoms with van der Waals surface area (Å²) in [7, 11) is 0. The molecule has 4 aromatic rings. The van der Waals surface area contributed by atoms with Gasteiger partial charge >= 0.3 is 5.97 Å². The van der Waals surface area contributed by atoms with Gasteiger partial charge in [0.25, 0.3) is 5.91 Å². The van der Waals surface area contributed by atoms with E-state index in [2.05, 4.69) is 5.32 Å². The number of aryl methyl sites for hydroxylation is 1. The minimum Gasteiger partial charge on any atom is -0.454 e. The van der Waals surface area contributed by atoms with Gasteiger partial charge in [0.2, 0.25) is 0 Å². The summed E-state index contributed by atoms with van der Waals surface area (Å²) in [4.78, 5) is 37.3. The van der Waals surface area contributed by atoms with Gasteiger partial charge in [-0.2, -0.15) is 0 Å². The van der Waals surface area contributed by atoms with E-state index in [4.69, 9.17) is 4.74 Å². The largest absolute Gasteiger partial charge is 0.454 e. The summed E-state index contributed by atoms with van der Waals surface area (Å²) < 4.78 is 5.21. The van der Waals surface area contributed by atoms with Crippen LogP contribution in [0.1, 0.15) is 36.6 Å². The Hall–Kier alpha value is -4.25. The molecule has 0 aliphatic heterocycles. The molecule has 0 aliphatic rings. The number of benzene rings is 4. The van der Waals surface area contributed by atoms with Gasteiger partial charge in [0, 0.05) is 16.8 Å². The lowest BCUT2D eigenvalue weighted by Gasteiger charge is -2.08. The van der Waals surface area contributed by atoms with Crippen molar-refractivity contribution in [3.63, 3.8) is 0 Å². The second kappa shape index (κ2) is 9.27. The molecular weight excluding hydrogens is 402 g/mol. The second-order valence-electron chi connectivity index (χ2n) is 7.46. The number of carbonyl (C=O) groups excluding carboxylic acids is 3. The molecule has 4 rings (SSSR count). The number of esters is 1. The Bertz CT molecular complexity index is 1310. The highest BCUT2D eigenvalue weighted by atomic mass is 16.5. The zero-order valence-corrected chi connectivity index (χ0v) is 17.5. The van der Waals surface area contributed by atoms with Crippen molar-refractivity contribution < 1.29 is 19.1 Å². The standard InChI is InChI=1S/C27H21NO4/c1-18-9-11-20(12-10-18)26(30)28-24-8-4-7-23(16-24)27(31)32-17-25(29)22-14-13-19-5-2-3-6-21(19)15-22/h2-16H,17H2,1H3,(H,28,30). The Kier molecular flexibility index (Phi) is 6.08. The van der Waals surface area contributed by atoms with Gasteiger partial charge in [-0.25, -0.2) is 4.79 Å². The van der Waals surface area contributed by atoms with Crippen molar-refractivity contribution in [1.82, 2.24) is 0 Å². The highest BCUT2D eigenvalue weighted by Gasteiger charge is 2.14. The number of anilines is 1. The van der Waals surface area contributed by atoms with Gasteiger partial charge in [-0.05, 0) is 54.1 Å². The summed E-state index contributed by atoms with van der Waals surface area (Å²) in [6.45, 7) is 1.58. The molecule has 0 fully saturated rings. The summed E-state index contributed by atoms with van der Waals surface area (Å²) in [5.74, 6) is -1.19. The molecule has 32 heavy (non-hydrogen) atoms. The van der Waals surface area contributed by atoms with Crippen LogP contribution in [0.15, 0.2) is 91.0 Å². The SMILES string of the molecule is Cc1ccc(C(=O)Nc2cccc(C(=O)OCC(=O)c3ccc4ccccc4c3)c2)cc1. The number of hydrogen-bond donors (Lipinski definition) is 1. The third-order valence-corrected chi connectivity index (χ3v) is 5.08. The molecule has 1 amide bonds. The van der Waals surface area contributed by atoms with E-state index >= 15 is 0 Å². The van der Waals surface area contributed by atoms with Crippen LogP contribution >= 0.6 is 0 Å². The molecule has 0 spiro atoms. The van der Waals surface area contributed by atoms with Crippen LogP contribution in [-0.4, -0.2) is 24.3 Å². The first-order valence-electron chi connectivity index (χ1n) is 10.2. The Morgan fingerprint density at radius 3 is 2.22 bits per heavy atom. The molecule has 5 nitrogen and oxygen atoms in total. The van der Waals surface area contributed by atoms with Crippen molar-refractivity contribution in [1.29, 1.82) is 0 Å². The van der Waals surface area contributed by atoms with Gasteiger partial charge in [-0.1, -0.05) is 60.2 Å². The van der Waals surface area contributed by atoms with Gasteiger partial charge in [-0.3, -0.25) is 9.59 Å². The van der Waals surface area contributed by atoms with E-state index in [0.29, 0.717) is 16.8 Å². The fourth-order valence-electron chi connectivity index (χ4n) is 3.29. The number of nitrogens with one attached hydrogen (secondary N) is 1. The molecule has 0 heterocycles. The zero-order chi connectivity index (χ0) is 22.5. The van der Waals surface area contributed by atoms with Crippen LogP contribution in [0, 0.1) is 6.92 Å². The third kappa shape index (κ3) is 4.90. The first-order chi connectivity index (χ1) is 15.5. The summed E-state index contributed by atoms with van der Waals surface area (Å²) in [5.41, 5.74) is 2.77. The molecule has 0 bridgehead atoms. The van der Waals surface area contributed by atoms with Crippen LogP contribution in [0.2, 0.25) is 0 Å². The number of rotatable bonds is 6. The van der Waals surface area contributed by atoms with Crippen LogP contribution in [0.3, 0.4) is 0 Å².